The standard InChI is InChI=1S/3C2H4O2.3HNO3.Na/c3*1-2(3)4;3*2-1(3)4;/h3*1H3,(H,3,4);3*(H,2,3,4);/q;;;;;;+1/p-1. The number of hydrogen-bond acceptors (Lipinski definition) is 10. The maximum absolute atomic E-state index is 9.00. The Morgan fingerprint density at radius 3 is 0.680 bits per heavy atom. The van der Waals surface area contributed by atoms with Gasteiger partial charge in [-0.15, -0.1) is 30.3 Å². The zero-order valence-corrected chi connectivity index (χ0v) is 15.2. The van der Waals surface area contributed by atoms with Crippen molar-refractivity contribution < 1.29 is 90.1 Å². The molecule has 0 spiro atoms. The van der Waals surface area contributed by atoms with Crippen molar-refractivity contribution in [2.75, 3.05) is 0 Å². The Labute approximate surface area is 159 Å². The zero-order valence-electron chi connectivity index (χ0n) is 13.2. The molecule has 0 aliphatic heterocycles. The van der Waals surface area contributed by atoms with Crippen LogP contribution < -0.4 is 34.7 Å². The van der Waals surface area contributed by atoms with Crippen molar-refractivity contribution in [1.29, 1.82) is 0 Å². The molecule has 0 amide bonds. The van der Waals surface area contributed by atoms with Gasteiger partial charge in [0.2, 0.25) is 0 Å². The van der Waals surface area contributed by atoms with Crippen molar-refractivity contribution in [2.24, 2.45) is 0 Å². The van der Waals surface area contributed by atoms with Crippen LogP contribution in [0.4, 0.5) is 0 Å². The fourth-order valence-electron chi connectivity index (χ4n) is 0. The van der Waals surface area contributed by atoms with Crippen molar-refractivity contribution in [3.05, 3.63) is 30.3 Å². The number of aliphatic carboxylic acids is 3. The smallest absolute Gasteiger partial charge is 0.550 e. The SMILES string of the molecule is CC(=O)O.CC(=O)O.CC(=O)[O-].O=[N+]([O-])O.O=[N+]([O-])O.O=[N+]([O-])O.[Na+]. The Kier molecular flexibility index (Phi) is 64.4. The summed E-state index contributed by atoms with van der Waals surface area (Å²) in [5.74, 6) is -2.75. The minimum absolute atomic E-state index is 0. The van der Waals surface area contributed by atoms with Crippen LogP contribution >= 0.6 is 0 Å². The number of carbonyl (C=O) groups excluding carboxylic acids is 1. The first-order valence-electron chi connectivity index (χ1n) is 4.46. The van der Waals surface area contributed by atoms with Crippen LogP contribution in [0.15, 0.2) is 0 Å². The van der Waals surface area contributed by atoms with E-state index in [1.54, 1.807) is 0 Å². The summed E-state index contributed by atoms with van der Waals surface area (Å²) in [4.78, 5) is 52.0. The molecule has 144 valence electrons. The Balaban J connectivity index is -0.0000000309. The number of rotatable bonds is 0. The number of nitrogens with zero attached hydrogens (tertiary/aromatic N) is 3. The van der Waals surface area contributed by atoms with Crippen LogP contribution in [0.1, 0.15) is 20.8 Å². The van der Waals surface area contributed by atoms with Gasteiger partial charge in [0.25, 0.3) is 27.2 Å². The average molecular weight is 391 g/mol. The van der Waals surface area contributed by atoms with Crippen molar-refractivity contribution in [2.45, 2.75) is 20.8 Å². The molecule has 0 aliphatic carbocycles. The maximum Gasteiger partial charge on any atom is 1.00 e. The predicted molar refractivity (Wildman–Crippen MR) is 63.6 cm³/mol. The second-order valence-electron chi connectivity index (χ2n) is 2.24. The number of hydrogen-bond donors (Lipinski definition) is 5. The second kappa shape index (κ2) is 37.3. The summed E-state index contributed by atoms with van der Waals surface area (Å²) >= 11 is 0. The van der Waals surface area contributed by atoms with E-state index < -0.39 is 33.2 Å². The molecule has 0 aromatic rings. The predicted octanol–water partition coefficient (Wildman–Crippen LogP) is -5.10. The Bertz CT molecular complexity index is 268. The minimum atomic E-state index is -1.50. The summed E-state index contributed by atoms with van der Waals surface area (Å²) in [5.41, 5.74) is 0. The molecule has 0 atom stereocenters. The summed E-state index contributed by atoms with van der Waals surface area (Å²) in [7, 11) is 0. The quantitative estimate of drug-likeness (QED) is 0.146. The van der Waals surface area contributed by atoms with E-state index >= 15 is 0 Å². The first-order chi connectivity index (χ1) is 10.4. The summed E-state index contributed by atoms with van der Waals surface area (Å²) in [5, 5.41) is 64.6. The van der Waals surface area contributed by atoms with Crippen LogP contribution in [0.25, 0.3) is 0 Å². The van der Waals surface area contributed by atoms with Crippen LogP contribution in [-0.2, 0) is 14.4 Å². The normalized spacial score (nSPS) is 5.88. The molecule has 18 nitrogen and oxygen atoms in total. The molecule has 19 heteroatoms. The summed E-state index contributed by atoms with van der Waals surface area (Å²) in [6.45, 7) is 3.14. The third kappa shape index (κ3) is 849. The maximum atomic E-state index is 9.00. The van der Waals surface area contributed by atoms with Crippen LogP contribution in [0.3, 0.4) is 0 Å². The summed E-state index contributed by atoms with van der Waals surface area (Å²) in [6, 6.07) is 0. The molecule has 0 radical (unpaired) electrons. The zero-order chi connectivity index (χ0) is 21.5. The molecule has 0 unspecified atom stereocenters. The van der Waals surface area contributed by atoms with E-state index in [1.807, 2.05) is 0 Å². The molecule has 5 N–H and O–H groups in total. The van der Waals surface area contributed by atoms with Gasteiger partial charge in [0.1, 0.15) is 0 Å². The molecule has 0 saturated carbocycles. The van der Waals surface area contributed by atoms with Crippen LogP contribution in [0, 0.1) is 30.3 Å². The molecule has 0 bridgehead atoms. The van der Waals surface area contributed by atoms with Gasteiger partial charge < -0.3 is 35.7 Å². The molecule has 0 aromatic carbocycles. The van der Waals surface area contributed by atoms with Gasteiger partial charge in [0.05, 0.1) is 0 Å². The molecule has 0 aromatic heterocycles. The molecule has 0 aliphatic rings. The third-order valence-electron chi connectivity index (χ3n) is 0. The summed E-state index contributed by atoms with van der Waals surface area (Å²) in [6.07, 6.45) is 0. The molecule has 0 rings (SSSR count). The largest absolute Gasteiger partial charge is 1.00 e. The number of carbonyl (C=O) groups is 3. The topological polar surface area (TPSA) is 305 Å². The van der Waals surface area contributed by atoms with Gasteiger partial charge in [-0.05, 0) is 6.92 Å². The van der Waals surface area contributed by atoms with Gasteiger partial charge in [0, 0.05) is 19.8 Å². The van der Waals surface area contributed by atoms with Gasteiger partial charge in [0.15, 0.2) is 0 Å². The van der Waals surface area contributed by atoms with Crippen LogP contribution in [0.2, 0.25) is 0 Å². The molecule has 0 saturated heterocycles. The van der Waals surface area contributed by atoms with E-state index in [2.05, 4.69) is 0 Å². The van der Waals surface area contributed by atoms with Gasteiger partial charge in [-0.2, -0.15) is 0 Å². The van der Waals surface area contributed by atoms with Gasteiger partial charge >= 0.3 is 29.6 Å². The Morgan fingerprint density at radius 2 is 0.680 bits per heavy atom. The Hall–Kier alpha value is -2.99. The van der Waals surface area contributed by atoms with Crippen LogP contribution in [-0.4, -0.2) is 59.0 Å². The number of carboxylic acid groups (broad SMARTS) is 3. The van der Waals surface area contributed by atoms with E-state index in [1.165, 1.54) is 0 Å². The monoisotopic (exact) mass is 391 g/mol. The van der Waals surface area contributed by atoms with Crippen molar-refractivity contribution in [1.82, 2.24) is 0 Å². The second-order valence-corrected chi connectivity index (χ2v) is 2.24. The Morgan fingerprint density at radius 1 is 0.680 bits per heavy atom. The summed E-state index contributed by atoms with van der Waals surface area (Å²) < 4.78 is 0. The van der Waals surface area contributed by atoms with Gasteiger partial charge in [-0.25, -0.2) is 0 Å². The molecule has 0 heterocycles. The fourth-order valence-corrected chi connectivity index (χ4v) is 0. The first-order valence-corrected chi connectivity index (χ1v) is 4.46. The molecular weight excluding hydrogens is 377 g/mol. The first kappa shape index (κ1) is 43.1. The van der Waals surface area contributed by atoms with Gasteiger partial charge in [-0.1, -0.05) is 0 Å². The average Bonchev–Trinajstić information content (AvgIpc) is 2.08. The van der Waals surface area contributed by atoms with E-state index in [-0.39, 0.29) is 29.6 Å². The van der Waals surface area contributed by atoms with E-state index in [4.69, 9.17) is 75.7 Å². The molecule has 25 heavy (non-hydrogen) atoms. The van der Waals surface area contributed by atoms with Crippen LogP contribution in [0.5, 0.6) is 0 Å². The molecule has 0 fully saturated rings. The molecular formula is C6H14N3NaO15. The van der Waals surface area contributed by atoms with E-state index in [0.717, 1.165) is 20.8 Å². The van der Waals surface area contributed by atoms with Gasteiger partial charge in [-0.3, -0.25) is 9.59 Å². The minimum Gasteiger partial charge on any atom is -0.550 e. The van der Waals surface area contributed by atoms with Crippen molar-refractivity contribution in [3.63, 3.8) is 0 Å². The van der Waals surface area contributed by atoms with Crippen molar-refractivity contribution >= 4 is 17.9 Å². The van der Waals surface area contributed by atoms with Crippen molar-refractivity contribution in [3.8, 4) is 0 Å². The number of carboxylic acids is 3. The fraction of sp³-hybridized carbons (Fsp3) is 0.500. The van der Waals surface area contributed by atoms with E-state index in [0.29, 0.717) is 0 Å². The van der Waals surface area contributed by atoms with E-state index in [9.17, 15) is 0 Å². The third-order valence-corrected chi connectivity index (χ3v) is 0.